The van der Waals surface area contributed by atoms with Crippen LogP contribution in [-0.4, -0.2) is 94.8 Å². The summed E-state index contributed by atoms with van der Waals surface area (Å²) in [6.07, 6.45) is -4.96. The number of Topliss-reactive ketones (excluding diaryl/α,β-unsaturated/α-hetero) is 1. The van der Waals surface area contributed by atoms with Crippen LogP contribution in [0.1, 0.15) is 89.7 Å². The molecule has 14 nitrogen and oxygen atoms in total. The molecule has 14 heteroatoms. The van der Waals surface area contributed by atoms with Crippen LogP contribution < -0.4 is 0 Å². The molecular formula is C44H48O14. The van der Waals surface area contributed by atoms with Gasteiger partial charge in [-0.15, -0.1) is 0 Å². The first kappa shape index (κ1) is 42.1. The Hall–Kier alpha value is -5.47. The highest BCUT2D eigenvalue weighted by atomic mass is 16.6. The van der Waals surface area contributed by atoms with E-state index in [1.165, 1.54) is 19.9 Å². The zero-order valence-corrected chi connectivity index (χ0v) is 33.7. The van der Waals surface area contributed by atoms with Gasteiger partial charge in [0.1, 0.15) is 30.0 Å². The topological polar surface area (TPSA) is 195 Å². The predicted molar refractivity (Wildman–Crippen MR) is 203 cm³/mol. The molecule has 1 heterocycles. The summed E-state index contributed by atoms with van der Waals surface area (Å²) in [6, 6.07) is 15.2. The molecule has 2 saturated carbocycles. The van der Waals surface area contributed by atoms with E-state index >= 15 is 4.79 Å². The number of ketones is 2. The maximum absolute atomic E-state index is 15.5. The summed E-state index contributed by atoms with van der Waals surface area (Å²) in [6.45, 7) is 10.5. The molecule has 0 aromatic heterocycles. The Morgan fingerprint density at radius 2 is 1.40 bits per heavy atom. The normalized spacial score (nSPS) is 32.3. The lowest BCUT2D eigenvalue weighted by Gasteiger charge is -2.67. The van der Waals surface area contributed by atoms with E-state index in [4.69, 9.17) is 28.4 Å². The fraction of sp³-hybridized carbons (Fsp3) is 0.477. The summed E-state index contributed by atoms with van der Waals surface area (Å²) in [5, 5.41) is 13.4. The summed E-state index contributed by atoms with van der Waals surface area (Å²) in [5.74, 6) is -6.55. The molecule has 0 radical (unpaired) electrons. The SMILES string of the molecule is CC(=O)O[C@H]1C(=O)[C@]2(C)[C@@H](OC(C)=O)C[C@H]3OC[C@@]3(OC(C)=O)[C@H]2[C@H](OC(=O)/C=C/c2ccc(C(=O)c3ccccc3)cc2)[C@]2(O)C[C@H](OC(C)=O)C(C)=C1C2(C)C. The van der Waals surface area contributed by atoms with E-state index in [1.807, 2.05) is 6.07 Å². The van der Waals surface area contributed by atoms with Gasteiger partial charge in [-0.3, -0.25) is 28.8 Å². The number of ether oxygens (including phenoxy) is 6. The van der Waals surface area contributed by atoms with Gasteiger partial charge in [0.25, 0.3) is 0 Å². The molecule has 2 aromatic rings. The minimum Gasteiger partial charge on any atom is -0.461 e. The van der Waals surface area contributed by atoms with Crippen molar-refractivity contribution in [1.29, 1.82) is 0 Å². The van der Waals surface area contributed by atoms with Crippen molar-refractivity contribution in [3.63, 3.8) is 0 Å². The summed E-state index contributed by atoms with van der Waals surface area (Å²) in [5.41, 5.74) is -5.68. The molecule has 0 amide bonds. The molecule has 4 aliphatic rings. The number of fused-ring (bicyclic) bond motifs is 5. The predicted octanol–water partition coefficient (Wildman–Crippen LogP) is 4.42. The van der Waals surface area contributed by atoms with Crippen molar-refractivity contribution >= 4 is 47.5 Å². The minimum absolute atomic E-state index is 0.101. The van der Waals surface area contributed by atoms with E-state index in [1.54, 1.807) is 69.3 Å². The number of carbonyl (C=O) groups is 7. The fourth-order valence-corrected chi connectivity index (χ4v) is 9.64. The van der Waals surface area contributed by atoms with Crippen molar-refractivity contribution in [2.45, 2.75) is 110 Å². The van der Waals surface area contributed by atoms with Gasteiger partial charge in [-0.1, -0.05) is 68.4 Å². The number of hydrogen-bond donors (Lipinski definition) is 1. The molecule has 58 heavy (non-hydrogen) atoms. The van der Waals surface area contributed by atoms with Crippen LogP contribution in [0, 0.1) is 16.7 Å². The summed E-state index contributed by atoms with van der Waals surface area (Å²) in [4.78, 5) is 93.7. The average Bonchev–Trinajstić information content (AvgIpc) is 3.14. The highest BCUT2D eigenvalue weighted by Gasteiger charge is 2.79. The second kappa shape index (κ2) is 15.4. The van der Waals surface area contributed by atoms with E-state index < -0.39 is 94.1 Å². The van der Waals surface area contributed by atoms with Gasteiger partial charge in [-0.2, -0.15) is 0 Å². The molecule has 6 rings (SSSR count). The van der Waals surface area contributed by atoms with E-state index in [2.05, 4.69) is 0 Å². The van der Waals surface area contributed by atoms with Gasteiger partial charge >= 0.3 is 29.8 Å². The van der Waals surface area contributed by atoms with Gasteiger partial charge in [0, 0.05) is 63.2 Å². The zero-order chi connectivity index (χ0) is 42.5. The first-order valence-corrected chi connectivity index (χ1v) is 19.1. The minimum atomic E-state index is -2.26. The Balaban J connectivity index is 1.53. The Morgan fingerprint density at radius 1 is 0.793 bits per heavy atom. The molecular weight excluding hydrogens is 752 g/mol. The van der Waals surface area contributed by atoms with Crippen LogP contribution >= 0.6 is 0 Å². The molecule has 3 aliphatic carbocycles. The number of esters is 5. The van der Waals surface area contributed by atoms with Crippen LogP contribution in [0.2, 0.25) is 0 Å². The second-order valence-corrected chi connectivity index (χ2v) is 16.3. The first-order chi connectivity index (χ1) is 27.2. The summed E-state index contributed by atoms with van der Waals surface area (Å²) < 4.78 is 35.8. The third-order valence-electron chi connectivity index (χ3n) is 12.4. The molecule has 9 atom stereocenters. The number of benzene rings is 2. The maximum Gasteiger partial charge on any atom is 0.331 e. The summed E-state index contributed by atoms with van der Waals surface area (Å²) in [7, 11) is 0. The molecule has 1 N–H and O–H groups in total. The average molecular weight is 801 g/mol. The maximum atomic E-state index is 15.5. The Kier molecular flexibility index (Phi) is 11.2. The third-order valence-corrected chi connectivity index (χ3v) is 12.4. The Morgan fingerprint density at radius 3 is 1.95 bits per heavy atom. The van der Waals surface area contributed by atoms with Gasteiger partial charge in [0.15, 0.2) is 23.3 Å². The lowest BCUT2D eigenvalue weighted by Crippen LogP contribution is -2.82. The van der Waals surface area contributed by atoms with Crippen LogP contribution in [0.15, 0.2) is 71.8 Å². The Labute approximate surface area is 335 Å². The van der Waals surface area contributed by atoms with E-state index in [-0.39, 0.29) is 30.8 Å². The summed E-state index contributed by atoms with van der Waals surface area (Å²) >= 11 is 0. The lowest BCUT2D eigenvalue weighted by molar-refractivity contribution is -0.347. The molecule has 308 valence electrons. The van der Waals surface area contributed by atoms with E-state index in [0.717, 1.165) is 26.8 Å². The molecule has 0 unspecified atom stereocenters. The highest BCUT2D eigenvalue weighted by Crippen LogP contribution is 2.65. The van der Waals surface area contributed by atoms with E-state index in [0.29, 0.717) is 22.3 Å². The van der Waals surface area contributed by atoms with E-state index in [9.17, 15) is 33.9 Å². The van der Waals surface area contributed by atoms with Crippen LogP contribution in [0.3, 0.4) is 0 Å². The monoisotopic (exact) mass is 800 g/mol. The zero-order valence-electron chi connectivity index (χ0n) is 33.7. The number of aliphatic hydroxyl groups is 1. The molecule has 1 aliphatic heterocycles. The number of carbonyl (C=O) groups excluding carboxylic acids is 7. The number of hydrogen-bond acceptors (Lipinski definition) is 14. The fourth-order valence-electron chi connectivity index (χ4n) is 9.64. The van der Waals surface area contributed by atoms with Crippen molar-refractivity contribution < 1.29 is 67.1 Å². The molecule has 2 aromatic carbocycles. The lowest BCUT2D eigenvalue weighted by atomic mass is 9.44. The van der Waals surface area contributed by atoms with Crippen molar-refractivity contribution in [3.8, 4) is 0 Å². The van der Waals surface area contributed by atoms with Crippen molar-refractivity contribution in [2.24, 2.45) is 16.7 Å². The quantitative estimate of drug-likeness (QED) is 0.123. The van der Waals surface area contributed by atoms with Gasteiger partial charge < -0.3 is 33.5 Å². The molecule has 2 bridgehead atoms. The van der Waals surface area contributed by atoms with Crippen LogP contribution in [0.4, 0.5) is 0 Å². The molecule has 0 spiro atoms. The molecule has 1 saturated heterocycles. The van der Waals surface area contributed by atoms with Crippen molar-refractivity contribution in [2.75, 3.05) is 6.61 Å². The van der Waals surface area contributed by atoms with Gasteiger partial charge in [-0.05, 0) is 36.6 Å². The highest BCUT2D eigenvalue weighted by molar-refractivity contribution is 6.09. The number of rotatable bonds is 9. The largest absolute Gasteiger partial charge is 0.461 e. The smallest absolute Gasteiger partial charge is 0.331 e. The van der Waals surface area contributed by atoms with Gasteiger partial charge in [-0.25, -0.2) is 4.79 Å². The van der Waals surface area contributed by atoms with Crippen LogP contribution in [-0.2, 0) is 57.2 Å². The van der Waals surface area contributed by atoms with Crippen LogP contribution in [0.5, 0.6) is 0 Å². The van der Waals surface area contributed by atoms with Crippen molar-refractivity contribution in [1.82, 2.24) is 0 Å². The second-order valence-electron chi connectivity index (χ2n) is 16.3. The third kappa shape index (κ3) is 7.06. The first-order valence-electron chi connectivity index (χ1n) is 19.1. The van der Waals surface area contributed by atoms with Gasteiger partial charge in [0.2, 0.25) is 0 Å². The standard InChI is InChI=1S/C44H48O14/c1-23-31(54-24(2)45)21-44(52)40(57-34(49)19-16-28-14-17-30(18-15-28)36(50)29-12-10-9-11-13-29)38-42(8,39(51)37(56-26(4)47)35(23)41(44,6)7)32(55-25(3)46)20-33-43(38,22-53-33)58-27(5)48/h9-19,31-33,37-38,40,52H,20-22H2,1-8H3/b19-16+/t31-,32-,33+,37+,38-,40-,42+,43-,44+/m0/s1. The Bertz CT molecular complexity index is 2100. The molecule has 3 fully saturated rings. The van der Waals surface area contributed by atoms with Gasteiger partial charge in [0.05, 0.1) is 17.9 Å². The van der Waals surface area contributed by atoms with Crippen LogP contribution in [0.25, 0.3) is 6.08 Å². The van der Waals surface area contributed by atoms with Crippen molar-refractivity contribution in [3.05, 3.63) is 88.5 Å².